The Hall–Kier alpha value is -1.06. The number of nitrogens with one attached hydrogen (secondary N) is 1. The lowest BCUT2D eigenvalue weighted by atomic mass is 9.93. The molecular weight excluding hydrogens is 248 g/mol. The lowest BCUT2D eigenvalue weighted by Gasteiger charge is -2.28. The van der Waals surface area contributed by atoms with Crippen LogP contribution in [0.4, 0.5) is 0 Å². The van der Waals surface area contributed by atoms with E-state index in [-0.39, 0.29) is 18.3 Å². The van der Waals surface area contributed by atoms with E-state index in [0.29, 0.717) is 0 Å². The Labute approximate surface area is 116 Å². The quantitative estimate of drug-likeness (QED) is 0.883. The molecule has 3 N–H and O–H groups in total. The standard InChI is InChI=1S/C14H22N2O.ClH/c1-5-11-6-8-12(9-7-11)14(3,4)16-13(17)10(2)15;/h6-10H,5,15H2,1-4H3,(H,16,17);1H/t10-;/m0./s1. The smallest absolute Gasteiger partial charge is 0.237 e. The Morgan fingerprint density at radius 1 is 1.33 bits per heavy atom. The van der Waals surface area contributed by atoms with E-state index in [4.69, 9.17) is 5.73 Å². The molecule has 0 aliphatic rings. The van der Waals surface area contributed by atoms with Crippen LogP contribution in [0.5, 0.6) is 0 Å². The summed E-state index contributed by atoms with van der Waals surface area (Å²) in [5.74, 6) is -0.130. The van der Waals surface area contributed by atoms with Crippen molar-refractivity contribution in [2.24, 2.45) is 5.73 Å². The molecule has 0 spiro atoms. The highest BCUT2D eigenvalue weighted by atomic mass is 35.5. The van der Waals surface area contributed by atoms with E-state index in [1.807, 2.05) is 13.8 Å². The van der Waals surface area contributed by atoms with Gasteiger partial charge in [-0.05, 0) is 38.3 Å². The maximum Gasteiger partial charge on any atom is 0.237 e. The van der Waals surface area contributed by atoms with Gasteiger partial charge < -0.3 is 11.1 Å². The van der Waals surface area contributed by atoms with Gasteiger partial charge in [-0.15, -0.1) is 12.4 Å². The lowest BCUT2D eigenvalue weighted by molar-refractivity contribution is -0.123. The molecule has 0 aliphatic carbocycles. The number of halogens is 1. The molecule has 1 aromatic carbocycles. The zero-order valence-electron chi connectivity index (χ0n) is 11.5. The first kappa shape index (κ1) is 16.9. The summed E-state index contributed by atoms with van der Waals surface area (Å²) >= 11 is 0. The number of hydrogen-bond acceptors (Lipinski definition) is 2. The third-order valence-corrected chi connectivity index (χ3v) is 2.93. The highest BCUT2D eigenvalue weighted by Crippen LogP contribution is 2.20. The molecule has 4 heteroatoms. The summed E-state index contributed by atoms with van der Waals surface area (Å²) < 4.78 is 0. The van der Waals surface area contributed by atoms with Crippen LogP contribution in [-0.2, 0) is 16.8 Å². The Morgan fingerprint density at radius 3 is 2.22 bits per heavy atom. The number of rotatable bonds is 4. The van der Waals surface area contributed by atoms with Crippen molar-refractivity contribution in [3.63, 3.8) is 0 Å². The summed E-state index contributed by atoms with van der Waals surface area (Å²) in [4.78, 5) is 11.6. The second-order valence-electron chi connectivity index (χ2n) is 4.95. The van der Waals surface area contributed by atoms with Crippen LogP contribution in [0.3, 0.4) is 0 Å². The maximum atomic E-state index is 11.6. The first-order valence-electron chi connectivity index (χ1n) is 6.04. The second-order valence-corrected chi connectivity index (χ2v) is 4.95. The van der Waals surface area contributed by atoms with Crippen LogP contribution in [0.1, 0.15) is 38.8 Å². The number of amides is 1. The summed E-state index contributed by atoms with van der Waals surface area (Å²) in [5, 5.41) is 2.95. The van der Waals surface area contributed by atoms with Crippen molar-refractivity contribution in [3.8, 4) is 0 Å². The van der Waals surface area contributed by atoms with Gasteiger partial charge >= 0.3 is 0 Å². The number of nitrogens with two attached hydrogens (primary N) is 1. The van der Waals surface area contributed by atoms with Crippen molar-refractivity contribution in [2.75, 3.05) is 0 Å². The van der Waals surface area contributed by atoms with Gasteiger partial charge in [-0.2, -0.15) is 0 Å². The molecule has 1 amide bonds. The van der Waals surface area contributed by atoms with Gasteiger partial charge in [0.1, 0.15) is 0 Å². The van der Waals surface area contributed by atoms with Crippen molar-refractivity contribution in [2.45, 2.75) is 45.7 Å². The Kier molecular flexibility index (Phi) is 6.36. The van der Waals surface area contributed by atoms with Gasteiger partial charge in [0, 0.05) is 0 Å². The summed E-state index contributed by atoms with van der Waals surface area (Å²) in [6.07, 6.45) is 1.02. The highest BCUT2D eigenvalue weighted by Gasteiger charge is 2.23. The zero-order valence-corrected chi connectivity index (χ0v) is 12.3. The minimum absolute atomic E-state index is 0. The summed E-state index contributed by atoms with van der Waals surface area (Å²) in [6.45, 7) is 7.77. The largest absolute Gasteiger partial charge is 0.346 e. The monoisotopic (exact) mass is 270 g/mol. The average molecular weight is 271 g/mol. The van der Waals surface area contributed by atoms with Crippen molar-refractivity contribution in [1.82, 2.24) is 5.32 Å². The topological polar surface area (TPSA) is 55.1 Å². The van der Waals surface area contributed by atoms with Crippen LogP contribution in [0.25, 0.3) is 0 Å². The van der Waals surface area contributed by atoms with Gasteiger partial charge in [0.25, 0.3) is 0 Å². The van der Waals surface area contributed by atoms with Gasteiger partial charge in [-0.1, -0.05) is 31.2 Å². The molecule has 3 nitrogen and oxygen atoms in total. The molecule has 0 aromatic heterocycles. The predicted molar refractivity (Wildman–Crippen MR) is 77.9 cm³/mol. The number of carbonyl (C=O) groups excluding carboxylic acids is 1. The van der Waals surface area contributed by atoms with Gasteiger partial charge in [-0.3, -0.25) is 4.79 Å². The molecule has 0 radical (unpaired) electrons. The van der Waals surface area contributed by atoms with Crippen molar-refractivity contribution >= 4 is 18.3 Å². The number of aryl methyl sites for hydroxylation is 1. The van der Waals surface area contributed by atoms with Crippen LogP contribution in [-0.4, -0.2) is 11.9 Å². The van der Waals surface area contributed by atoms with E-state index >= 15 is 0 Å². The molecule has 1 aromatic rings. The molecule has 0 fully saturated rings. The Balaban J connectivity index is 0.00000289. The molecule has 1 atom stereocenters. The molecule has 0 saturated carbocycles. The first-order chi connectivity index (χ1) is 7.86. The third-order valence-electron chi connectivity index (χ3n) is 2.93. The fourth-order valence-electron chi connectivity index (χ4n) is 1.65. The zero-order chi connectivity index (χ0) is 13.1. The van der Waals surface area contributed by atoms with E-state index in [0.717, 1.165) is 12.0 Å². The fourth-order valence-corrected chi connectivity index (χ4v) is 1.65. The normalized spacial score (nSPS) is 12.5. The fraction of sp³-hybridized carbons (Fsp3) is 0.500. The van der Waals surface area contributed by atoms with E-state index in [9.17, 15) is 4.79 Å². The number of carbonyl (C=O) groups is 1. The highest BCUT2D eigenvalue weighted by molar-refractivity contribution is 5.85. The molecule has 0 unspecified atom stereocenters. The summed E-state index contributed by atoms with van der Waals surface area (Å²) in [6, 6.07) is 7.81. The van der Waals surface area contributed by atoms with E-state index in [1.54, 1.807) is 6.92 Å². The maximum absolute atomic E-state index is 11.6. The van der Waals surface area contributed by atoms with Crippen molar-refractivity contribution in [1.29, 1.82) is 0 Å². The first-order valence-corrected chi connectivity index (χ1v) is 6.04. The summed E-state index contributed by atoms with van der Waals surface area (Å²) in [5.41, 5.74) is 7.54. The van der Waals surface area contributed by atoms with Gasteiger partial charge in [0.15, 0.2) is 0 Å². The van der Waals surface area contributed by atoms with Crippen LogP contribution < -0.4 is 11.1 Å². The molecule has 0 bridgehead atoms. The minimum atomic E-state index is -0.482. The van der Waals surface area contributed by atoms with E-state index < -0.39 is 11.6 Å². The van der Waals surface area contributed by atoms with Gasteiger partial charge in [0.2, 0.25) is 5.91 Å². The van der Waals surface area contributed by atoms with Crippen LogP contribution in [0.2, 0.25) is 0 Å². The van der Waals surface area contributed by atoms with Gasteiger partial charge in [-0.25, -0.2) is 0 Å². The Morgan fingerprint density at radius 2 is 1.83 bits per heavy atom. The molecular formula is C14H23ClN2O. The molecule has 0 heterocycles. The average Bonchev–Trinajstić information content (AvgIpc) is 2.28. The number of benzene rings is 1. The van der Waals surface area contributed by atoms with Crippen molar-refractivity contribution in [3.05, 3.63) is 35.4 Å². The van der Waals surface area contributed by atoms with Crippen LogP contribution >= 0.6 is 12.4 Å². The van der Waals surface area contributed by atoms with E-state index in [2.05, 4.69) is 36.5 Å². The lowest BCUT2D eigenvalue weighted by Crippen LogP contribution is -2.47. The molecule has 102 valence electrons. The molecule has 1 rings (SSSR count). The van der Waals surface area contributed by atoms with Crippen LogP contribution in [0.15, 0.2) is 24.3 Å². The van der Waals surface area contributed by atoms with Crippen molar-refractivity contribution < 1.29 is 4.79 Å². The summed E-state index contributed by atoms with van der Waals surface area (Å²) in [7, 11) is 0. The number of hydrogen-bond donors (Lipinski definition) is 2. The Bertz CT molecular complexity index is 385. The molecule has 0 saturated heterocycles. The molecule has 0 aliphatic heterocycles. The van der Waals surface area contributed by atoms with E-state index in [1.165, 1.54) is 5.56 Å². The van der Waals surface area contributed by atoms with Crippen LogP contribution in [0, 0.1) is 0 Å². The SMILES string of the molecule is CCc1ccc(C(C)(C)NC(=O)[C@H](C)N)cc1.Cl. The predicted octanol–water partition coefficient (Wildman–Crippen LogP) is 2.37. The molecule has 18 heavy (non-hydrogen) atoms. The van der Waals surface area contributed by atoms with Gasteiger partial charge in [0.05, 0.1) is 11.6 Å². The minimum Gasteiger partial charge on any atom is -0.346 e. The second kappa shape index (κ2) is 6.76. The third kappa shape index (κ3) is 4.31.